The van der Waals surface area contributed by atoms with Crippen molar-refractivity contribution < 1.29 is 22.4 Å². The maximum Gasteiger partial charge on any atom is 0.247 e. The Bertz CT molecular complexity index is 1090. The van der Waals surface area contributed by atoms with E-state index in [1.165, 1.54) is 36.1 Å². The van der Waals surface area contributed by atoms with Crippen LogP contribution in [-0.2, 0) is 32.7 Å². The number of halogens is 2. The summed E-state index contributed by atoms with van der Waals surface area (Å²) in [5.41, 5.74) is -0.168. The van der Waals surface area contributed by atoms with Crippen molar-refractivity contribution in [3.8, 4) is 0 Å². The third kappa shape index (κ3) is 5.23. The summed E-state index contributed by atoms with van der Waals surface area (Å²) in [7, 11) is -3.70. The standard InChI is InChI=1S/C21H23ClFN3O4S/c1-21(20(28)24-11-15-7-9-17(23)10-8-15)14-25(31(2,29)30)13-19(27)26(21)12-16-5-3-4-6-18(16)22/h3-10H,11-14H2,1-2H3,(H,24,28)/t21-/m1/s1. The first kappa shape index (κ1) is 23.2. The van der Waals surface area contributed by atoms with E-state index in [1.54, 1.807) is 24.3 Å². The molecule has 166 valence electrons. The van der Waals surface area contributed by atoms with Crippen molar-refractivity contribution in [3.05, 3.63) is 70.5 Å². The summed E-state index contributed by atoms with van der Waals surface area (Å²) >= 11 is 6.24. The molecule has 31 heavy (non-hydrogen) atoms. The molecule has 1 aliphatic rings. The Hall–Kier alpha value is -2.49. The van der Waals surface area contributed by atoms with E-state index in [0.717, 1.165) is 10.6 Å². The zero-order valence-corrected chi connectivity index (χ0v) is 18.7. The molecule has 1 fully saturated rings. The van der Waals surface area contributed by atoms with Crippen LogP contribution in [0.1, 0.15) is 18.1 Å². The summed E-state index contributed by atoms with van der Waals surface area (Å²) < 4.78 is 38.4. The van der Waals surface area contributed by atoms with Crippen molar-refractivity contribution in [1.29, 1.82) is 0 Å². The molecule has 1 saturated heterocycles. The van der Waals surface area contributed by atoms with E-state index >= 15 is 0 Å². The fourth-order valence-electron chi connectivity index (χ4n) is 3.46. The van der Waals surface area contributed by atoms with Crippen LogP contribution in [0, 0.1) is 5.82 Å². The van der Waals surface area contributed by atoms with Gasteiger partial charge in [0.15, 0.2) is 0 Å². The number of nitrogens with one attached hydrogen (secondary N) is 1. The molecular formula is C21H23ClFN3O4S. The SMILES string of the molecule is C[C@]1(C(=O)NCc2ccc(F)cc2)CN(S(C)(=O)=O)CC(=O)N1Cc1ccccc1Cl. The molecule has 2 aromatic rings. The number of rotatable bonds is 6. The predicted octanol–water partition coefficient (Wildman–Crippen LogP) is 2.16. The van der Waals surface area contributed by atoms with Gasteiger partial charge in [-0.1, -0.05) is 41.9 Å². The fourth-order valence-corrected chi connectivity index (χ4v) is 4.49. The summed E-state index contributed by atoms with van der Waals surface area (Å²) in [4.78, 5) is 27.5. The first-order valence-electron chi connectivity index (χ1n) is 9.52. The van der Waals surface area contributed by atoms with E-state index in [2.05, 4.69) is 5.32 Å². The van der Waals surface area contributed by atoms with Crippen LogP contribution in [0.2, 0.25) is 5.02 Å². The van der Waals surface area contributed by atoms with Crippen molar-refractivity contribution in [2.24, 2.45) is 0 Å². The molecule has 0 spiro atoms. The summed E-state index contributed by atoms with van der Waals surface area (Å²) in [6.45, 7) is 1.12. The number of benzene rings is 2. The van der Waals surface area contributed by atoms with Crippen LogP contribution in [0.25, 0.3) is 0 Å². The summed E-state index contributed by atoms with van der Waals surface area (Å²) in [6.07, 6.45) is 1.00. The molecule has 0 unspecified atom stereocenters. The summed E-state index contributed by atoms with van der Waals surface area (Å²) in [5.74, 6) is -1.42. The lowest BCUT2D eigenvalue weighted by Crippen LogP contribution is -2.69. The Kier molecular flexibility index (Phi) is 6.68. The van der Waals surface area contributed by atoms with E-state index in [4.69, 9.17) is 11.6 Å². The molecule has 10 heteroatoms. The second-order valence-electron chi connectivity index (χ2n) is 7.69. The summed E-state index contributed by atoms with van der Waals surface area (Å²) in [6, 6.07) is 12.6. The molecule has 0 saturated carbocycles. The van der Waals surface area contributed by atoms with Gasteiger partial charge in [0.1, 0.15) is 11.4 Å². The number of sulfonamides is 1. The molecule has 0 aliphatic carbocycles. The lowest BCUT2D eigenvalue weighted by Gasteiger charge is -2.46. The maximum absolute atomic E-state index is 13.2. The Labute approximate surface area is 185 Å². The van der Waals surface area contributed by atoms with Gasteiger partial charge >= 0.3 is 0 Å². The van der Waals surface area contributed by atoms with Crippen LogP contribution in [0.3, 0.4) is 0 Å². The van der Waals surface area contributed by atoms with Crippen LogP contribution in [0.4, 0.5) is 4.39 Å². The normalized spacial score (nSPS) is 20.0. The third-order valence-electron chi connectivity index (χ3n) is 5.30. The van der Waals surface area contributed by atoms with Gasteiger partial charge in [-0.25, -0.2) is 12.8 Å². The minimum absolute atomic E-state index is 0.0522. The highest BCUT2D eigenvalue weighted by Crippen LogP contribution is 2.28. The highest BCUT2D eigenvalue weighted by Gasteiger charge is 2.49. The zero-order chi connectivity index (χ0) is 22.8. The minimum atomic E-state index is -3.70. The van der Waals surface area contributed by atoms with E-state index < -0.39 is 33.2 Å². The van der Waals surface area contributed by atoms with Crippen LogP contribution < -0.4 is 5.32 Å². The summed E-state index contributed by atoms with van der Waals surface area (Å²) in [5, 5.41) is 3.18. The molecule has 1 atom stereocenters. The average molecular weight is 468 g/mol. The molecule has 7 nitrogen and oxygen atoms in total. The first-order chi connectivity index (χ1) is 14.5. The molecule has 2 amide bonds. The number of hydrogen-bond donors (Lipinski definition) is 1. The Morgan fingerprint density at radius 3 is 2.45 bits per heavy atom. The topological polar surface area (TPSA) is 86.8 Å². The highest BCUT2D eigenvalue weighted by atomic mass is 35.5. The van der Waals surface area contributed by atoms with Gasteiger partial charge in [-0.3, -0.25) is 9.59 Å². The fraction of sp³-hybridized carbons (Fsp3) is 0.333. The molecule has 1 aliphatic heterocycles. The number of amides is 2. The second kappa shape index (κ2) is 8.94. The predicted molar refractivity (Wildman–Crippen MR) is 115 cm³/mol. The Morgan fingerprint density at radius 1 is 1.19 bits per heavy atom. The Balaban J connectivity index is 1.89. The Morgan fingerprint density at radius 2 is 1.84 bits per heavy atom. The van der Waals surface area contributed by atoms with E-state index in [1.807, 2.05) is 0 Å². The molecule has 0 aromatic heterocycles. The molecule has 1 N–H and O–H groups in total. The number of nitrogens with zero attached hydrogens (tertiary/aromatic N) is 2. The van der Waals surface area contributed by atoms with Gasteiger partial charge in [0.2, 0.25) is 21.8 Å². The van der Waals surface area contributed by atoms with Crippen molar-refractivity contribution in [1.82, 2.24) is 14.5 Å². The first-order valence-corrected chi connectivity index (χ1v) is 11.7. The maximum atomic E-state index is 13.2. The van der Waals surface area contributed by atoms with Crippen LogP contribution >= 0.6 is 11.6 Å². The van der Waals surface area contributed by atoms with E-state index in [9.17, 15) is 22.4 Å². The molecule has 0 radical (unpaired) electrons. The number of piperazine rings is 1. The largest absolute Gasteiger partial charge is 0.350 e. The smallest absolute Gasteiger partial charge is 0.247 e. The van der Waals surface area contributed by atoms with Gasteiger partial charge in [-0.15, -0.1) is 0 Å². The van der Waals surface area contributed by atoms with Crippen molar-refractivity contribution in [3.63, 3.8) is 0 Å². The van der Waals surface area contributed by atoms with Crippen molar-refractivity contribution in [2.45, 2.75) is 25.6 Å². The molecule has 2 aromatic carbocycles. The van der Waals surface area contributed by atoms with E-state index in [0.29, 0.717) is 16.1 Å². The highest BCUT2D eigenvalue weighted by molar-refractivity contribution is 7.88. The zero-order valence-electron chi connectivity index (χ0n) is 17.1. The van der Waals surface area contributed by atoms with Crippen molar-refractivity contribution in [2.75, 3.05) is 19.3 Å². The number of carbonyl (C=O) groups is 2. The third-order valence-corrected chi connectivity index (χ3v) is 6.87. The van der Waals surface area contributed by atoms with Gasteiger partial charge in [0.05, 0.1) is 12.8 Å². The quantitative estimate of drug-likeness (QED) is 0.705. The van der Waals surface area contributed by atoms with Crippen LogP contribution in [0.15, 0.2) is 48.5 Å². The second-order valence-corrected chi connectivity index (χ2v) is 10.1. The molecule has 1 heterocycles. The number of carbonyl (C=O) groups excluding carboxylic acids is 2. The van der Waals surface area contributed by atoms with Gasteiger partial charge in [-0.05, 0) is 36.2 Å². The molecular weight excluding hydrogens is 445 g/mol. The minimum Gasteiger partial charge on any atom is -0.350 e. The lowest BCUT2D eigenvalue weighted by molar-refractivity contribution is -0.153. The van der Waals surface area contributed by atoms with Gasteiger partial charge in [0, 0.05) is 24.7 Å². The van der Waals surface area contributed by atoms with Crippen LogP contribution in [-0.4, -0.2) is 54.3 Å². The van der Waals surface area contributed by atoms with E-state index in [-0.39, 0.29) is 26.2 Å². The molecule has 3 rings (SSSR count). The molecule has 0 bridgehead atoms. The average Bonchev–Trinajstić information content (AvgIpc) is 2.70. The monoisotopic (exact) mass is 467 g/mol. The van der Waals surface area contributed by atoms with Crippen LogP contribution in [0.5, 0.6) is 0 Å². The van der Waals surface area contributed by atoms with Crippen molar-refractivity contribution >= 4 is 33.4 Å². The lowest BCUT2D eigenvalue weighted by atomic mass is 9.94. The number of hydrogen-bond acceptors (Lipinski definition) is 4. The van der Waals surface area contributed by atoms with Gasteiger partial charge < -0.3 is 10.2 Å². The van der Waals surface area contributed by atoms with Gasteiger partial charge in [0.25, 0.3) is 0 Å². The van der Waals surface area contributed by atoms with Gasteiger partial charge in [-0.2, -0.15) is 4.31 Å².